The second kappa shape index (κ2) is 1.81. The normalized spacial score (nSPS) is 44.1. The van der Waals surface area contributed by atoms with Gasteiger partial charge in [-0.3, -0.25) is 9.59 Å². The van der Waals surface area contributed by atoms with Crippen LogP contribution in [0.25, 0.3) is 0 Å². The molecule has 2 atom stereocenters. The average Bonchev–Trinajstić information content (AvgIpc) is 2.60. The first-order valence-corrected chi connectivity index (χ1v) is 4.45. The topological polar surface area (TPSA) is 34.1 Å². The van der Waals surface area contributed by atoms with E-state index in [9.17, 15) is 9.59 Å². The van der Waals surface area contributed by atoms with Gasteiger partial charge in [-0.05, 0) is 6.42 Å². The molecule has 0 aromatic rings. The van der Waals surface area contributed by atoms with Crippen LogP contribution in [0, 0.1) is 16.7 Å². The van der Waals surface area contributed by atoms with Gasteiger partial charge in [0.2, 0.25) is 0 Å². The number of rotatable bonds is 0. The molecule has 0 radical (unpaired) electrons. The highest BCUT2D eigenvalue weighted by Crippen LogP contribution is 2.60. The standard InChI is InChI=1S/C10H14O2/c1-9(2)5-7(11)10(3)4-6(10)8(9)12/h6H,4-5H2,1-3H3/t6-,10-/m1/s1. The first-order valence-electron chi connectivity index (χ1n) is 4.45. The lowest BCUT2D eigenvalue weighted by atomic mass is 9.72. The molecule has 2 aliphatic carbocycles. The third kappa shape index (κ3) is 0.755. The Balaban J connectivity index is 2.34. The number of Topliss-reactive ketones (excluding diaryl/α,β-unsaturated/α-hetero) is 2. The molecular formula is C10H14O2. The van der Waals surface area contributed by atoms with Crippen LogP contribution in [0.1, 0.15) is 33.6 Å². The molecule has 2 heteroatoms. The van der Waals surface area contributed by atoms with Gasteiger partial charge in [-0.25, -0.2) is 0 Å². The Morgan fingerprint density at radius 1 is 1.25 bits per heavy atom. The fourth-order valence-corrected chi connectivity index (χ4v) is 2.22. The maximum Gasteiger partial charge on any atom is 0.143 e. The summed E-state index contributed by atoms with van der Waals surface area (Å²) in [6.07, 6.45) is 1.24. The van der Waals surface area contributed by atoms with Crippen molar-refractivity contribution in [2.45, 2.75) is 33.6 Å². The fourth-order valence-electron chi connectivity index (χ4n) is 2.22. The Labute approximate surface area is 72.3 Å². The molecule has 0 unspecified atom stereocenters. The van der Waals surface area contributed by atoms with Crippen LogP contribution in [0.5, 0.6) is 0 Å². The molecule has 0 bridgehead atoms. The molecule has 2 fully saturated rings. The summed E-state index contributed by atoms with van der Waals surface area (Å²) in [4.78, 5) is 23.3. The van der Waals surface area contributed by atoms with Gasteiger partial charge in [0.25, 0.3) is 0 Å². The molecule has 12 heavy (non-hydrogen) atoms. The summed E-state index contributed by atoms with van der Waals surface area (Å²) in [6, 6.07) is 0. The van der Waals surface area contributed by atoms with Crippen LogP contribution in [0.15, 0.2) is 0 Å². The molecule has 0 N–H and O–H groups in total. The van der Waals surface area contributed by atoms with Crippen molar-refractivity contribution in [3.63, 3.8) is 0 Å². The number of carbonyl (C=O) groups excluding carboxylic acids is 2. The van der Waals surface area contributed by atoms with Crippen LogP contribution in [-0.4, -0.2) is 11.6 Å². The van der Waals surface area contributed by atoms with Crippen LogP contribution >= 0.6 is 0 Å². The van der Waals surface area contributed by atoms with Gasteiger partial charge >= 0.3 is 0 Å². The Morgan fingerprint density at radius 3 is 2.42 bits per heavy atom. The van der Waals surface area contributed by atoms with Crippen molar-refractivity contribution >= 4 is 11.6 Å². The summed E-state index contributed by atoms with van der Waals surface area (Å²) < 4.78 is 0. The number of hydrogen-bond acceptors (Lipinski definition) is 2. The van der Waals surface area contributed by atoms with Crippen LogP contribution in [0.2, 0.25) is 0 Å². The van der Waals surface area contributed by atoms with Gasteiger partial charge in [-0.15, -0.1) is 0 Å². The second-order valence-corrected chi connectivity index (χ2v) is 5.02. The number of ketones is 2. The van der Waals surface area contributed by atoms with Crippen molar-refractivity contribution in [2.75, 3.05) is 0 Å². The summed E-state index contributed by atoms with van der Waals surface area (Å²) >= 11 is 0. The molecule has 2 nitrogen and oxygen atoms in total. The summed E-state index contributed by atoms with van der Waals surface area (Å²) in [5.74, 6) is 0.635. The first kappa shape index (κ1) is 7.96. The van der Waals surface area contributed by atoms with Crippen molar-refractivity contribution in [2.24, 2.45) is 16.7 Å². The SMILES string of the molecule is CC1(C)CC(=O)[C@]2(C)C[C@@H]2C1=O. The van der Waals surface area contributed by atoms with Crippen molar-refractivity contribution in [1.29, 1.82) is 0 Å². The molecule has 0 spiro atoms. The van der Waals surface area contributed by atoms with Crippen LogP contribution in [-0.2, 0) is 9.59 Å². The van der Waals surface area contributed by atoms with E-state index < -0.39 is 5.41 Å². The third-order valence-electron chi connectivity index (χ3n) is 3.46. The van der Waals surface area contributed by atoms with E-state index in [-0.39, 0.29) is 17.1 Å². The van der Waals surface area contributed by atoms with E-state index in [0.29, 0.717) is 12.2 Å². The van der Waals surface area contributed by atoms with Crippen molar-refractivity contribution in [3.05, 3.63) is 0 Å². The highest BCUT2D eigenvalue weighted by atomic mass is 16.1. The Bertz CT molecular complexity index is 278. The Hall–Kier alpha value is -0.660. The van der Waals surface area contributed by atoms with E-state index in [1.165, 1.54) is 0 Å². The van der Waals surface area contributed by atoms with Gasteiger partial charge in [-0.2, -0.15) is 0 Å². The minimum Gasteiger partial charge on any atom is -0.299 e. The lowest BCUT2D eigenvalue weighted by molar-refractivity contribution is -0.141. The lowest BCUT2D eigenvalue weighted by Crippen LogP contribution is -2.38. The van der Waals surface area contributed by atoms with Gasteiger partial charge in [0.1, 0.15) is 11.6 Å². The van der Waals surface area contributed by atoms with Gasteiger partial charge in [0, 0.05) is 23.2 Å². The Morgan fingerprint density at radius 2 is 1.83 bits per heavy atom. The molecule has 2 saturated carbocycles. The molecule has 0 aliphatic heterocycles. The molecular weight excluding hydrogens is 152 g/mol. The van der Waals surface area contributed by atoms with Gasteiger partial charge in [0.15, 0.2) is 0 Å². The largest absolute Gasteiger partial charge is 0.299 e. The van der Waals surface area contributed by atoms with E-state index in [0.717, 1.165) is 6.42 Å². The van der Waals surface area contributed by atoms with E-state index in [2.05, 4.69) is 0 Å². The molecule has 66 valence electrons. The van der Waals surface area contributed by atoms with Crippen molar-refractivity contribution in [1.82, 2.24) is 0 Å². The number of hydrogen-bond donors (Lipinski definition) is 0. The fraction of sp³-hybridized carbons (Fsp3) is 0.800. The number of carbonyl (C=O) groups is 2. The van der Waals surface area contributed by atoms with Crippen molar-refractivity contribution < 1.29 is 9.59 Å². The monoisotopic (exact) mass is 166 g/mol. The second-order valence-electron chi connectivity index (χ2n) is 5.02. The first-order chi connectivity index (χ1) is 5.38. The molecule has 0 aromatic carbocycles. The molecule has 0 heterocycles. The van der Waals surface area contributed by atoms with E-state index in [1.54, 1.807) is 0 Å². The molecule has 2 rings (SSSR count). The Kier molecular flexibility index (Phi) is 1.20. The van der Waals surface area contributed by atoms with Gasteiger partial charge in [-0.1, -0.05) is 20.8 Å². The predicted molar refractivity (Wildman–Crippen MR) is 44.6 cm³/mol. The van der Waals surface area contributed by atoms with Crippen LogP contribution in [0.3, 0.4) is 0 Å². The minimum atomic E-state index is -0.391. The van der Waals surface area contributed by atoms with Gasteiger partial charge in [0.05, 0.1) is 0 Å². The predicted octanol–water partition coefficient (Wildman–Crippen LogP) is 1.58. The third-order valence-corrected chi connectivity index (χ3v) is 3.46. The van der Waals surface area contributed by atoms with Crippen LogP contribution < -0.4 is 0 Å². The summed E-state index contributed by atoms with van der Waals surface area (Å²) in [7, 11) is 0. The molecule has 0 saturated heterocycles. The van der Waals surface area contributed by atoms with E-state index in [1.807, 2.05) is 20.8 Å². The summed E-state index contributed by atoms with van der Waals surface area (Å²) in [6.45, 7) is 5.68. The zero-order valence-electron chi connectivity index (χ0n) is 7.81. The zero-order valence-corrected chi connectivity index (χ0v) is 7.81. The van der Waals surface area contributed by atoms with Gasteiger partial charge < -0.3 is 0 Å². The quantitative estimate of drug-likeness (QED) is 0.547. The smallest absolute Gasteiger partial charge is 0.143 e. The molecule has 2 aliphatic rings. The number of fused-ring (bicyclic) bond motifs is 1. The minimum absolute atomic E-state index is 0.0498. The summed E-state index contributed by atoms with van der Waals surface area (Å²) in [5, 5.41) is 0. The summed E-state index contributed by atoms with van der Waals surface area (Å²) in [5.41, 5.74) is -0.648. The zero-order chi connectivity index (χ0) is 9.15. The maximum absolute atomic E-state index is 11.7. The lowest BCUT2D eigenvalue weighted by Gasteiger charge is -2.29. The van der Waals surface area contributed by atoms with Crippen LogP contribution in [0.4, 0.5) is 0 Å². The molecule has 0 aromatic heterocycles. The molecule has 0 amide bonds. The average molecular weight is 166 g/mol. The van der Waals surface area contributed by atoms with E-state index in [4.69, 9.17) is 0 Å². The maximum atomic E-state index is 11.7. The van der Waals surface area contributed by atoms with Crippen molar-refractivity contribution in [3.8, 4) is 0 Å². The van der Waals surface area contributed by atoms with E-state index >= 15 is 0 Å². The highest BCUT2D eigenvalue weighted by Gasteiger charge is 2.65. The highest BCUT2D eigenvalue weighted by molar-refractivity contribution is 6.06.